The first-order valence-corrected chi connectivity index (χ1v) is 10.3. The Hall–Kier alpha value is -1.70. The third-order valence-electron chi connectivity index (χ3n) is 6.12. The standard InChI is InChI=1S/C20H22BrF2NO4/c21-20-8-12-5-13(9-20)7-19(6-12,11-20)17(26)27-10-16(25)24-14-1-3-15(4-2-14)28-18(22)23/h1-4,12-13,18H,5-11H2,(H,24,25)/t12-,13-,19?,20?/m1/s1. The van der Waals surface area contributed by atoms with Crippen molar-refractivity contribution in [1.82, 2.24) is 0 Å². The predicted molar refractivity (Wildman–Crippen MR) is 101 cm³/mol. The van der Waals surface area contributed by atoms with Crippen LogP contribution in [0.25, 0.3) is 0 Å². The van der Waals surface area contributed by atoms with Crippen molar-refractivity contribution in [2.45, 2.75) is 49.5 Å². The van der Waals surface area contributed by atoms with E-state index in [1.165, 1.54) is 30.7 Å². The van der Waals surface area contributed by atoms with Gasteiger partial charge in [-0.05, 0) is 74.6 Å². The maximum atomic E-state index is 12.8. The van der Waals surface area contributed by atoms with Gasteiger partial charge in [-0.2, -0.15) is 8.78 Å². The number of nitrogens with one attached hydrogen (secondary N) is 1. The third-order valence-corrected chi connectivity index (χ3v) is 7.05. The summed E-state index contributed by atoms with van der Waals surface area (Å²) >= 11 is 3.86. The van der Waals surface area contributed by atoms with E-state index in [2.05, 4.69) is 26.0 Å². The average Bonchev–Trinajstić information content (AvgIpc) is 2.59. The third kappa shape index (κ3) is 4.02. The molecule has 0 aliphatic heterocycles. The van der Waals surface area contributed by atoms with Crippen molar-refractivity contribution < 1.29 is 27.8 Å². The van der Waals surface area contributed by atoms with Gasteiger partial charge in [-0.3, -0.25) is 9.59 Å². The van der Waals surface area contributed by atoms with Gasteiger partial charge < -0.3 is 14.8 Å². The quantitative estimate of drug-likeness (QED) is 0.504. The van der Waals surface area contributed by atoms with E-state index in [1.807, 2.05) is 0 Å². The molecule has 5 nitrogen and oxygen atoms in total. The van der Waals surface area contributed by atoms with Gasteiger partial charge in [0.25, 0.3) is 5.91 Å². The van der Waals surface area contributed by atoms with Gasteiger partial charge >= 0.3 is 12.6 Å². The molecule has 8 heteroatoms. The van der Waals surface area contributed by atoms with Gasteiger partial charge in [0, 0.05) is 10.0 Å². The van der Waals surface area contributed by atoms with Crippen LogP contribution in [0, 0.1) is 17.3 Å². The number of esters is 1. The SMILES string of the molecule is O=C(COC(=O)C12C[C@H]3C[C@@H](CC(Br)(C3)C1)C2)Nc1ccc(OC(F)F)cc1. The summed E-state index contributed by atoms with van der Waals surface area (Å²) in [5.74, 6) is 0.368. The Morgan fingerprint density at radius 2 is 1.79 bits per heavy atom. The van der Waals surface area contributed by atoms with Crippen molar-refractivity contribution in [2.75, 3.05) is 11.9 Å². The Labute approximate surface area is 170 Å². The van der Waals surface area contributed by atoms with E-state index >= 15 is 0 Å². The molecule has 0 spiro atoms. The zero-order chi connectivity index (χ0) is 19.9. The van der Waals surface area contributed by atoms with Gasteiger partial charge in [-0.1, -0.05) is 15.9 Å². The summed E-state index contributed by atoms with van der Waals surface area (Å²) in [4.78, 5) is 25.0. The Balaban J connectivity index is 1.31. The molecule has 4 fully saturated rings. The average molecular weight is 458 g/mol. The number of carbonyl (C=O) groups excluding carboxylic acids is 2. The molecule has 4 bridgehead atoms. The van der Waals surface area contributed by atoms with Crippen LogP contribution in [0.3, 0.4) is 0 Å². The molecule has 4 saturated carbocycles. The van der Waals surface area contributed by atoms with Gasteiger partial charge in [0.1, 0.15) is 5.75 Å². The van der Waals surface area contributed by atoms with Crippen molar-refractivity contribution >= 4 is 33.5 Å². The number of alkyl halides is 3. The van der Waals surface area contributed by atoms with E-state index in [4.69, 9.17) is 4.74 Å². The number of halogens is 3. The lowest BCUT2D eigenvalue weighted by Crippen LogP contribution is -2.56. The second kappa shape index (κ2) is 7.28. The molecule has 1 aromatic carbocycles. The molecule has 1 amide bonds. The number of carbonyl (C=O) groups is 2. The normalized spacial score (nSPS) is 33.0. The van der Waals surface area contributed by atoms with Crippen LogP contribution < -0.4 is 10.1 Å². The Morgan fingerprint density at radius 3 is 2.36 bits per heavy atom. The summed E-state index contributed by atoms with van der Waals surface area (Å²) in [6, 6.07) is 5.56. The van der Waals surface area contributed by atoms with Crippen LogP contribution in [-0.2, 0) is 14.3 Å². The molecule has 0 heterocycles. The summed E-state index contributed by atoms with van der Waals surface area (Å²) in [7, 11) is 0. The van der Waals surface area contributed by atoms with Crippen molar-refractivity contribution in [3.63, 3.8) is 0 Å². The van der Waals surface area contributed by atoms with E-state index in [0.29, 0.717) is 17.5 Å². The van der Waals surface area contributed by atoms with Crippen molar-refractivity contribution in [2.24, 2.45) is 17.3 Å². The number of anilines is 1. The molecule has 0 unspecified atom stereocenters. The Morgan fingerprint density at radius 1 is 1.14 bits per heavy atom. The molecule has 2 atom stereocenters. The molecule has 0 aromatic heterocycles. The van der Waals surface area contributed by atoms with Gasteiger partial charge in [-0.15, -0.1) is 0 Å². The highest BCUT2D eigenvalue weighted by molar-refractivity contribution is 9.10. The van der Waals surface area contributed by atoms with Crippen LogP contribution in [0.1, 0.15) is 38.5 Å². The summed E-state index contributed by atoms with van der Waals surface area (Å²) in [6.45, 7) is -3.26. The molecule has 0 saturated heterocycles. The van der Waals surface area contributed by atoms with E-state index in [0.717, 1.165) is 32.1 Å². The van der Waals surface area contributed by atoms with Crippen molar-refractivity contribution in [3.8, 4) is 5.75 Å². The smallest absolute Gasteiger partial charge is 0.387 e. The first-order valence-electron chi connectivity index (χ1n) is 9.46. The second-order valence-electron chi connectivity index (χ2n) is 8.42. The molecule has 0 radical (unpaired) electrons. The zero-order valence-corrected chi connectivity index (χ0v) is 16.8. The molecule has 4 aliphatic carbocycles. The molecule has 4 aliphatic rings. The minimum absolute atomic E-state index is 0.00458. The fourth-order valence-electron chi connectivity index (χ4n) is 5.59. The number of amides is 1. The van der Waals surface area contributed by atoms with Crippen molar-refractivity contribution in [1.29, 1.82) is 0 Å². The summed E-state index contributed by atoms with van der Waals surface area (Å²) in [6.07, 6.45) is 5.90. The second-order valence-corrected chi connectivity index (χ2v) is 10.1. The Kier molecular flexibility index (Phi) is 5.10. The molecule has 28 heavy (non-hydrogen) atoms. The molecule has 5 rings (SSSR count). The number of benzene rings is 1. The zero-order valence-electron chi connectivity index (χ0n) is 15.3. The largest absolute Gasteiger partial charge is 0.455 e. The first kappa shape index (κ1) is 19.6. The highest BCUT2D eigenvalue weighted by Crippen LogP contribution is 2.64. The minimum Gasteiger partial charge on any atom is -0.455 e. The fourth-order valence-corrected chi connectivity index (χ4v) is 7.04. The van der Waals surface area contributed by atoms with Crippen LogP contribution in [0.5, 0.6) is 5.75 Å². The van der Waals surface area contributed by atoms with Crippen molar-refractivity contribution in [3.05, 3.63) is 24.3 Å². The molecular weight excluding hydrogens is 436 g/mol. The highest BCUT2D eigenvalue weighted by atomic mass is 79.9. The lowest BCUT2D eigenvalue weighted by Gasteiger charge is -2.58. The monoisotopic (exact) mass is 457 g/mol. The lowest BCUT2D eigenvalue weighted by atomic mass is 9.49. The topological polar surface area (TPSA) is 64.6 Å². The molecule has 1 aromatic rings. The molecule has 152 valence electrons. The van der Waals surface area contributed by atoms with E-state index < -0.39 is 17.9 Å². The first-order chi connectivity index (χ1) is 13.3. The summed E-state index contributed by atoms with van der Waals surface area (Å²) in [5, 5.41) is 2.59. The maximum absolute atomic E-state index is 12.8. The fraction of sp³-hybridized carbons (Fsp3) is 0.600. The number of rotatable bonds is 6. The number of hydrogen-bond donors (Lipinski definition) is 1. The van der Waals surface area contributed by atoms with Crippen LogP contribution in [-0.4, -0.2) is 29.4 Å². The maximum Gasteiger partial charge on any atom is 0.387 e. The van der Waals surface area contributed by atoms with Gasteiger partial charge in [0.05, 0.1) is 5.41 Å². The van der Waals surface area contributed by atoms with Crippen LogP contribution in [0.2, 0.25) is 0 Å². The highest BCUT2D eigenvalue weighted by Gasteiger charge is 2.60. The van der Waals surface area contributed by atoms with E-state index in [9.17, 15) is 18.4 Å². The summed E-state index contributed by atoms with van der Waals surface area (Å²) in [5.41, 5.74) is -0.0563. The van der Waals surface area contributed by atoms with Crippen LogP contribution in [0.4, 0.5) is 14.5 Å². The number of hydrogen-bond acceptors (Lipinski definition) is 4. The molecule has 1 N–H and O–H groups in total. The Bertz CT molecular complexity index is 756. The van der Waals surface area contributed by atoms with Crippen LogP contribution in [0.15, 0.2) is 24.3 Å². The predicted octanol–water partition coefficient (Wildman–Crippen LogP) is 4.50. The number of ether oxygens (including phenoxy) is 2. The van der Waals surface area contributed by atoms with Gasteiger partial charge in [0.15, 0.2) is 6.61 Å². The van der Waals surface area contributed by atoms with E-state index in [1.54, 1.807) is 0 Å². The summed E-state index contributed by atoms with van der Waals surface area (Å²) < 4.78 is 34.0. The molecular formula is C20H22BrF2NO4. The van der Waals surface area contributed by atoms with Gasteiger partial charge in [0.2, 0.25) is 0 Å². The minimum atomic E-state index is -2.90. The van der Waals surface area contributed by atoms with Crippen LogP contribution >= 0.6 is 15.9 Å². The lowest BCUT2D eigenvalue weighted by molar-refractivity contribution is -0.170. The van der Waals surface area contributed by atoms with Gasteiger partial charge in [-0.25, -0.2) is 0 Å². The van der Waals surface area contributed by atoms with E-state index in [-0.39, 0.29) is 22.6 Å².